The van der Waals surface area contributed by atoms with Crippen molar-refractivity contribution in [3.8, 4) is 5.75 Å². The third-order valence-electron chi connectivity index (χ3n) is 5.01. The molecule has 4 heterocycles. The summed E-state index contributed by atoms with van der Waals surface area (Å²) in [4.78, 5) is 4.09. The van der Waals surface area contributed by atoms with Gasteiger partial charge in [-0.1, -0.05) is 11.6 Å². The number of hydrogen-bond acceptors (Lipinski definition) is 2. The van der Waals surface area contributed by atoms with Crippen molar-refractivity contribution < 1.29 is 9.13 Å². The van der Waals surface area contributed by atoms with Crippen LogP contribution in [0.2, 0.25) is 5.15 Å². The van der Waals surface area contributed by atoms with E-state index in [1.54, 1.807) is 6.20 Å². The van der Waals surface area contributed by atoms with E-state index in [4.69, 9.17) is 24.3 Å². The first-order valence-corrected chi connectivity index (χ1v) is 7.43. The highest BCUT2D eigenvalue weighted by molar-refractivity contribution is 6.30. The van der Waals surface area contributed by atoms with Crippen LogP contribution in [0.4, 0.5) is 0 Å². The van der Waals surface area contributed by atoms with Crippen molar-refractivity contribution in [3.05, 3.63) is 23.5 Å². The first-order valence-electron chi connectivity index (χ1n) is 7.05. The quantitative estimate of drug-likeness (QED) is 0.609. The zero-order valence-electron chi connectivity index (χ0n) is 10.8. The van der Waals surface area contributed by atoms with Crippen molar-refractivity contribution in [3.63, 3.8) is 0 Å². The van der Waals surface area contributed by atoms with Gasteiger partial charge in [0.2, 0.25) is 0 Å². The van der Waals surface area contributed by atoms with Crippen molar-refractivity contribution in [2.75, 3.05) is 19.6 Å². The van der Waals surface area contributed by atoms with Crippen molar-refractivity contribution in [1.29, 1.82) is 0 Å². The zero-order valence-corrected chi connectivity index (χ0v) is 11.6. The molecule has 4 fully saturated rings. The molecule has 19 heavy (non-hydrogen) atoms. The Balaban J connectivity index is 1.59. The fraction of sp³-hybridized carbons (Fsp3) is 0.643. The van der Waals surface area contributed by atoms with Gasteiger partial charge in [0.1, 0.15) is 6.10 Å². The van der Waals surface area contributed by atoms with Gasteiger partial charge in [-0.25, -0.2) is 4.98 Å². The molecule has 3 aliphatic heterocycles. The molecule has 3 nitrogen and oxygen atoms in total. The van der Waals surface area contributed by atoms with Crippen LogP contribution >= 0.6 is 11.6 Å². The highest BCUT2D eigenvalue weighted by atomic mass is 35.5. The molecule has 1 saturated carbocycles. The third kappa shape index (κ3) is 1.96. The van der Waals surface area contributed by atoms with Crippen LogP contribution in [0, 0.1) is 17.8 Å². The lowest BCUT2D eigenvalue weighted by Crippen LogP contribution is -2.70. The summed E-state index contributed by atoms with van der Waals surface area (Å²) in [5.74, 6) is 2.67. The maximum absolute atomic E-state index is 6.45. The zero-order chi connectivity index (χ0) is 13.0. The first kappa shape index (κ1) is 12.0. The number of piperidine rings is 3. The third-order valence-corrected chi connectivity index (χ3v) is 5.29. The fourth-order valence-corrected chi connectivity index (χ4v) is 4.75. The number of aromatic nitrogens is 1. The van der Waals surface area contributed by atoms with E-state index in [0.717, 1.165) is 35.7 Å². The van der Waals surface area contributed by atoms with E-state index in [1.165, 1.54) is 12.8 Å². The Kier molecular flexibility index (Phi) is 2.62. The van der Waals surface area contributed by atoms with E-state index in [1.807, 2.05) is 12.1 Å². The number of hydrogen-bond donors (Lipinski definition) is 0. The largest absolute Gasteiger partial charge is 0.486 e. The lowest BCUT2D eigenvalue weighted by molar-refractivity contribution is -0.852. The number of quaternary nitrogens is 1. The molecule has 3 saturated heterocycles. The van der Waals surface area contributed by atoms with Gasteiger partial charge in [-0.15, -0.1) is 0 Å². The number of rotatable bonds is 2. The molecule has 2 atom stereocenters. The lowest BCUT2D eigenvalue weighted by Gasteiger charge is -2.59. The molecule has 4 aliphatic rings. The molecule has 5 heteroatoms. The predicted molar refractivity (Wildman–Crippen MR) is 74.0 cm³/mol. The molecule has 4 bridgehead atoms. The number of halogens is 1. The van der Waals surface area contributed by atoms with Crippen LogP contribution in [-0.2, 0) is 0 Å². The summed E-state index contributed by atoms with van der Waals surface area (Å²) in [5, 5.41) is 0.466. The summed E-state index contributed by atoms with van der Waals surface area (Å²) in [6.07, 6.45) is 4.48. The van der Waals surface area contributed by atoms with Crippen molar-refractivity contribution in [1.82, 2.24) is 4.98 Å². The van der Waals surface area contributed by atoms with Gasteiger partial charge in [0.15, 0.2) is 10.9 Å². The van der Waals surface area contributed by atoms with Crippen LogP contribution in [0.5, 0.6) is 5.75 Å². The minimum Gasteiger partial charge on any atom is -0.486 e. The Morgan fingerprint density at radius 2 is 2.00 bits per heavy atom. The summed E-state index contributed by atoms with van der Waals surface area (Å²) in [5.41, 5.74) is 0. The second-order valence-electron chi connectivity index (χ2n) is 6.50. The van der Waals surface area contributed by atoms with Crippen molar-refractivity contribution in [2.24, 2.45) is 17.8 Å². The summed E-state index contributed by atoms with van der Waals surface area (Å²) in [7, 11) is 6.45. The smallest absolute Gasteiger partial charge is 0.481 e. The maximum atomic E-state index is 6.45. The van der Waals surface area contributed by atoms with Gasteiger partial charge in [0.25, 0.3) is 0 Å². The monoisotopic (exact) mass is 275 g/mol. The summed E-state index contributed by atoms with van der Waals surface area (Å²) in [6.45, 7) is 3.26. The minimum atomic E-state index is 0.271. The Bertz CT molecular complexity index is 496. The molecule has 0 N–H and O–H groups in total. The van der Waals surface area contributed by atoms with Gasteiger partial charge in [0, 0.05) is 24.0 Å². The number of pyridine rings is 1. The van der Waals surface area contributed by atoms with Crippen LogP contribution in [0.3, 0.4) is 0 Å². The van der Waals surface area contributed by atoms with E-state index in [9.17, 15) is 0 Å². The predicted octanol–water partition coefficient (Wildman–Crippen LogP) is 2.05. The average Bonchev–Trinajstić information content (AvgIpc) is 2.34. The van der Waals surface area contributed by atoms with Crippen LogP contribution in [0.15, 0.2) is 18.3 Å². The molecule has 2 radical (unpaired) electrons. The second-order valence-corrected chi connectivity index (χ2v) is 6.86. The summed E-state index contributed by atoms with van der Waals surface area (Å²) >= 11 is 6.10. The molecular weight excluding hydrogens is 258 g/mol. The molecule has 98 valence electrons. The molecule has 0 spiro atoms. The second kappa shape index (κ2) is 4.13. The van der Waals surface area contributed by atoms with Crippen molar-refractivity contribution >= 4 is 19.6 Å². The molecule has 1 aromatic rings. The molecule has 0 amide bonds. The standard InChI is InChI=1S/C14H17BClN2O/c15-18-6-9-4-10(7-18)13(11(5-9)8-18)19-12-2-1-3-17-14(12)16/h1-3,9-11,13H,4-8H2/q+1. The molecule has 1 aromatic heterocycles. The molecular formula is C14H17BClN2O+. The van der Waals surface area contributed by atoms with E-state index >= 15 is 0 Å². The SMILES string of the molecule is [B][N+]12CC3CC(C1)C(Oc1cccnc1Cl)C(C3)C2. The average molecular weight is 276 g/mol. The highest BCUT2D eigenvalue weighted by Gasteiger charge is 2.55. The van der Waals surface area contributed by atoms with Crippen LogP contribution < -0.4 is 4.74 Å². The normalized spacial score (nSPS) is 43.4. The number of ether oxygens (including phenoxy) is 1. The first-order chi connectivity index (χ1) is 9.13. The Morgan fingerprint density at radius 1 is 1.26 bits per heavy atom. The summed E-state index contributed by atoms with van der Waals surface area (Å²) in [6, 6.07) is 3.78. The topological polar surface area (TPSA) is 22.1 Å². The Labute approximate surface area is 119 Å². The van der Waals surface area contributed by atoms with E-state index in [0.29, 0.717) is 17.0 Å². The highest BCUT2D eigenvalue weighted by Crippen LogP contribution is 2.47. The molecule has 0 aromatic carbocycles. The van der Waals surface area contributed by atoms with E-state index in [-0.39, 0.29) is 6.10 Å². The van der Waals surface area contributed by atoms with Crippen molar-refractivity contribution in [2.45, 2.75) is 18.9 Å². The van der Waals surface area contributed by atoms with Gasteiger partial charge in [-0.2, -0.15) is 0 Å². The molecule has 1 aliphatic carbocycles. The number of nitrogens with zero attached hydrogens (tertiary/aromatic N) is 2. The maximum Gasteiger partial charge on any atom is 0.481 e. The van der Waals surface area contributed by atoms with Gasteiger partial charge >= 0.3 is 7.98 Å². The van der Waals surface area contributed by atoms with Crippen LogP contribution in [0.1, 0.15) is 12.8 Å². The lowest BCUT2D eigenvalue weighted by atomic mass is 9.63. The minimum absolute atomic E-state index is 0.271. The van der Waals surface area contributed by atoms with Crippen LogP contribution in [0.25, 0.3) is 0 Å². The molecule has 5 rings (SSSR count). The van der Waals surface area contributed by atoms with E-state index < -0.39 is 0 Å². The van der Waals surface area contributed by atoms with Gasteiger partial charge in [-0.3, -0.25) is 0 Å². The van der Waals surface area contributed by atoms with Gasteiger partial charge in [0.05, 0.1) is 19.6 Å². The molecule has 2 unspecified atom stereocenters. The van der Waals surface area contributed by atoms with Crippen LogP contribution in [-0.4, -0.2) is 43.1 Å². The fourth-order valence-electron chi connectivity index (χ4n) is 4.58. The van der Waals surface area contributed by atoms with E-state index in [2.05, 4.69) is 4.98 Å². The summed E-state index contributed by atoms with van der Waals surface area (Å²) < 4.78 is 6.97. The Hall–Kier alpha value is -0.735. The van der Waals surface area contributed by atoms with Gasteiger partial charge < -0.3 is 9.13 Å². The van der Waals surface area contributed by atoms with Gasteiger partial charge in [-0.05, 0) is 25.0 Å². The Morgan fingerprint density at radius 3 is 2.63 bits per heavy atom.